The molecule has 0 unspecified atom stereocenters. The molecule has 2 heterocycles. The number of aromatic nitrogens is 2. The molecular formula is C20H15ClF3N3OS. The predicted molar refractivity (Wildman–Crippen MR) is 106 cm³/mol. The molecule has 0 fully saturated rings. The first kappa shape index (κ1) is 19.8. The second kappa shape index (κ2) is 7.76. The van der Waals surface area contributed by atoms with Crippen molar-refractivity contribution in [2.24, 2.45) is 0 Å². The average Bonchev–Trinajstić information content (AvgIpc) is 3.28. The number of imidazole rings is 1. The first-order chi connectivity index (χ1) is 13.8. The molecule has 9 heteroatoms. The van der Waals surface area contributed by atoms with Gasteiger partial charge in [0.2, 0.25) is 0 Å². The van der Waals surface area contributed by atoms with E-state index in [1.54, 1.807) is 23.9 Å². The van der Waals surface area contributed by atoms with Crippen molar-refractivity contribution in [2.75, 3.05) is 5.75 Å². The zero-order valence-electron chi connectivity index (χ0n) is 15.0. The maximum atomic E-state index is 12.7. The van der Waals surface area contributed by atoms with Gasteiger partial charge >= 0.3 is 6.18 Å². The fourth-order valence-electron chi connectivity index (χ4n) is 3.13. The molecule has 2 aromatic carbocycles. The Bertz CT molecular complexity index is 1050. The van der Waals surface area contributed by atoms with E-state index in [2.05, 4.69) is 14.9 Å². The standard InChI is InChI=1S/C20H15ClF3N3OS/c21-15-7-3-12(4-8-15)17-16(27-9-10-29-19(27)26-17)11-25-18(28)13-1-5-14(6-2-13)20(22,23)24/h1-8H,9-11H2,(H,25,28). The van der Waals surface area contributed by atoms with Gasteiger partial charge < -0.3 is 9.88 Å². The van der Waals surface area contributed by atoms with Gasteiger partial charge in [0, 0.05) is 28.4 Å². The van der Waals surface area contributed by atoms with Gasteiger partial charge in [-0.3, -0.25) is 4.79 Å². The van der Waals surface area contributed by atoms with E-state index in [1.165, 1.54) is 12.1 Å². The zero-order chi connectivity index (χ0) is 20.6. The van der Waals surface area contributed by atoms with Crippen LogP contribution in [0, 0.1) is 0 Å². The molecule has 1 aromatic heterocycles. The third-order valence-electron chi connectivity index (χ3n) is 4.59. The SMILES string of the molecule is O=C(NCc1c(-c2ccc(Cl)cc2)nc2n1CCS2)c1ccc(C(F)(F)F)cc1. The van der Waals surface area contributed by atoms with Crippen LogP contribution in [0.1, 0.15) is 21.6 Å². The normalized spacial score (nSPS) is 13.4. The van der Waals surface area contributed by atoms with Crippen molar-refractivity contribution in [2.45, 2.75) is 24.4 Å². The van der Waals surface area contributed by atoms with Crippen LogP contribution in [0.15, 0.2) is 53.7 Å². The van der Waals surface area contributed by atoms with Crippen LogP contribution in [0.5, 0.6) is 0 Å². The number of carbonyl (C=O) groups excluding carboxylic acids is 1. The third kappa shape index (κ3) is 4.13. The molecule has 3 aromatic rings. The first-order valence-electron chi connectivity index (χ1n) is 8.76. The highest BCUT2D eigenvalue weighted by Gasteiger charge is 2.30. The molecule has 4 rings (SSSR count). The topological polar surface area (TPSA) is 46.9 Å². The number of nitrogens with one attached hydrogen (secondary N) is 1. The summed E-state index contributed by atoms with van der Waals surface area (Å²) < 4.78 is 40.1. The highest BCUT2D eigenvalue weighted by Crippen LogP contribution is 2.34. The van der Waals surface area contributed by atoms with Gasteiger partial charge in [-0.2, -0.15) is 13.2 Å². The Hall–Kier alpha value is -2.45. The first-order valence-corrected chi connectivity index (χ1v) is 10.1. The number of carbonyl (C=O) groups is 1. The molecular weight excluding hydrogens is 423 g/mol. The average molecular weight is 438 g/mol. The summed E-state index contributed by atoms with van der Waals surface area (Å²) in [7, 11) is 0. The number of halogens is 4. The fraction of sp³-hybridized carbons (Fsp3) is 0.200. The molecule has 0 spiro atoms. The quantitative estimate of drug-likeness (QED) is 0.605. The van der Waals surface area contributed by atoms with Crippen LogP contribution in [0.3, 0.4) is 0 Å². The molecule has 0 aliphatic carbocycles. The van der Waals surface area contributed by atoms with Crippen LogP contribution < -0.4 is 5.32 Å². The van der Waals surface area contributed by atoms with E-state index in [4.69, 9.17) is 11.6 Å². The van der Waals surface area contributed by atoms with Crippen LogP contribution in [0.25, 0.3) is 11.3 Å². The van der Waals surface area contributed by atoms with Crippen molar-refractivity contribution in [3.63, 3.8) is 0 Å². The number of hydrogen-bond donors (Lipinski definition) is 1. The van der Waals surface area contributed by atoms with E-state index in [0.717, 1.165) is 46.5 Å². The second-order valence-electron chi connectivity index (χ2n) is 6.45. The van der Waals surface area contributed by atoms with Gasteiger partial charge in [0.05, 0.1) is 23.5 Å². The summed E-state index contributed by atoms with van der Waals surface area (Å²) in [4.78, 5) is 17.1. The number of nitrogens with zero attached hydrogens (tertiary/aromatic N) is 2. The maximum Gasteiger partial charge on any atom is 0.416 e. The highest BCUT2D eigenvalue weighted by atomic mass is 35.5. The molecule has 1 aliphatic heterocycles. The van der Waals surface area contributed by atoms with Crippen LogP contribution in [0.4, 0.5) is 13.2 Å². The highest BCUT2D eigenvalue weighted by molar-refractivity contribution is 7.99. The van der Waals surface area contributed by atoms with Crippen molar-refractivity contribution >= 4 is 29.3 Å². The fourth-order valence-corrected chi connectivity index (χ4v) is 4.22. The van der Waals surface area contributed by atoms with Gasteiger partial charge in [-0.05, 0) is 36.4 Å². The lowest BCUT2D eigenvalue weighted by Crippen LogP contribution is -2.24. The minimum Gasteiger partial charge on any atom is -0.346 e. The van der Waals surface area contributed by atoms with Crippen molar-refractivity contribution in [3.05, 3.63) is 70.4 Å². The summed E-state index contributed by atoms with van der Waals surface area (Å²) in [5, 5.41) is 4.30. The monoisotopic (exact) mass is 437 g/mol. The summed E-state index contributed by atoms with van der Waals surface area (Å²) in [6.45, 7) is 0.997. The molecule has 0 bridgehead atoms. The minimum absolute atomic E-state index is 0.168. The summed E-state index contributed by atoms with van der Waals surface area (Å²) in [6, 6.07) is 11.4. The van der Waals surface area contributed by atoms with Crippen LogP contribution in [0.2, 0.25) is 5.02 Å². The minimum atomic E-state index is -4.43. The van der Waals surface area contributed by atoms with E-state index in [1.807, 2.05) is 12.1 Å². The van der Waals surface area contributed by atoms with Gasteiger partial charge in [0.1, 0.15) is 0 Å². The molecule has 4 nitrogen and oxygen atoms in total. The van der Waals surface area contributed by atoms with E-state index >= 15 is 0 Å². The lowest BCUT2D eigenvalue weighted by atomic mass is 10.1. The van der Waals surface area contributed by atoms with Crippen molar-refractivity contribution in [3.8, 4) is 11.3 Å². The predicted octanol–water partition coefficient (Wildman–Crippen LogP) is 5.26. The molecule has 0 radical (unpaired) electrons. The molecule has 1 N–H and O–H groups in total. The molecule has 29 heavy (non-hydrogen) atoms. The van der Waals surface area contributed by atoms with Crippen LogP contribution >= 0.6 is 23.4 Å². The van der Waals surface area contributed by atoms with E-state index in [9.17, 15) is 18.0 Å². The number of benzene rings is 2. The zero-order valence-corrected chi connectivity index (χ0v) is 16.5. The van der Waals surface area contributed by atoms with Gasteiger partial charge in [0.25, 0.3) is 5.91 Å². The number of alkyl halides is 3. The van der Waals surface area contributed by atoms with Crippen molar-refractivity contribution < 1.29 is 18.0 Å². The molecule has 1 aliphatic rings. The van der Waals surface area contributed by atoms with Gasteiger partial charge in [-0.15, -0.1) is 0 Å². The summed E-state index contributed by atoms with van der Waals surface area (Å²) in [5.41, 5.74) is 1.88. The second-order valence-corrected chi connectivity index (χ2v) is 7.95. The maximum absolute atomic E-state index is 12.7. The molecule has 1 amide bonds. The van der Waals surface area contributed by atoms with Crippen LogP contribution in [-0.4, -0.2) is 21.2 Å². The van der Waals surface area contributed by atoms with E-state index in [-0.39, 0.29) is 12.1 Å². The van der Waals surface area contributed by atoms with Crippen molar-refractivity contribution in [1.29, 1.82) is 0 Å². The summed E-state index contributed by atoms with van der Waals surface area (Å²) >= 11 is 7.61. The lowest BCUT2D eigenvalue weighted by Gasteiger charge is -2.11. The Kier molecular flexibility index (Phi) is 5.31. The Balaban J connectivity index is 1.55. The van der Waals surface area contributed by atoms with E-state index < -0.39 is 17.6 Å². The Morgan fingerprint density at radius 3 is 2.48 bits per heavy atom. The lowest BCUT2D eigenvalue weighted by molar-refractivity contribution is -0.137. The van der Waals surface area contributed by atoms with Crippen molar-refractivity contribution in [1.82, 2.24) is 14.9 Å². The Morgan fingerprint density at radius 2 is 1.83 bits per heavy atom. The van der Waals surface area contributed by atoms with Crippen LogP contribution in [-0.2, 0) is 19.3 Å². The Labute approximate surface area is 174 Å². The summed E-state index contributed by atoms with van der Waals surface area (Å²) in [5.74, 6) is 0.463. The number of hydrogen-bond acceptors (Lipinski definition) is 3. The molecule has 0 saturated heterocycles. The van der Waals surface area contributed by atoms with Gasteiger partial charge in [0.15, 0.2) is 5.16 Å². The molecule has 150 valence electrons. The third-order valence-corrected chi connectivity index (χ3v) is 5.80. The smallest absolute Gasteiger partial charge is 0.346 e. The number of fused-ring (bicyclic) bond motifs is 1. The number of thioether (sulfide) groups is 1. The van der Waals surface area contributed by atoms with Gasteiger partial charge in [-0.25, -0.2) is 4.98 Å². The largest absolute Gasteiger partial charge is 0.416 e. The van der Waals surface area contributed by atoms with Gasteiger partial charge in [-0.1, -0.05) is 35.5 Å². The number of rotatable bonds is 4. The molecule has 0 saturated carbocycles. The number of amides is 1. The summed E-state index contributed by atoms with van der Waals surface area (Å²) in [6.07, 6.45) is -4.43. The molecule has 0 atom stereocenters. The van der Waals surface area contributed by atoms with E-state index in [0.29, 0.717) is 5.02 Å². The Morgan fingerprint density at radius 1 is 1.14 bits per heavy atom.